The van der Waals surface area contributed by atoms with Gasteiger partial charge >= 0.3 is 0 Å². The topological polar surface area (TPSA) is 60.7 Å². The summed E-state index contributed by atoms with van der Waals surface area (Å²) in [6.07, 6.45) is 0. The highest BCUT2D eigenvalue weighted by molar-refractivity contribution is 6.06. The molecular formula is C40H26N4O. The minimum Gasteiger partial charge on any atom is -0.276 e. The molecule has 0 atom stereocenters. The van der Waals surface area contributed by atoms with Gasteiger partial charge in [0.1, 0.15) is 0 Å². The highest BCUT2D eigenvalue weighted by atomic mass is 16.1. The second kappa shape index (κ2) is 11.1. The summed E-state index contributed by atoms with van der Waals surface area (Å²) in [4.78, 5) is 28.1. The molecule has 0 bridgehead atoms. The molecule has 8 aromatic rings. The smallest absolute Gasteiger partial charge is 0.263 e. The van der Waals surface area contributed by atoms with Gasteiger partial charge in [-0.2, -0.15) is 0 Å². The van der Waals surface area contributed by atoms with Crippen LogP contribution in [0.4, 0.5) is 0 Å². The van der Waals surface area contributed by atoms with Crippen LogP contribution in [0.2, 0.25) is 0 Å². The molecule has 0 saturated heterocycles. The van der Waals surface area contributed by atoms with E-state index in [9.17, 15) is 4.79 Å². The van der Waals surface area contributed by atoms with Crippen molar-refractivity contribution in [1.29, 1.82) is 0 Å². The van der Waals surface area contributed by atoms with E-state index in [1.54, 1.807) is 4.57 Å². The van der Waals surface area contributed by atoms with E-state index in [0.29, 0.717) is 22.9 Å². The van der Waals surface area contributed by atoms with Crippen LogP contribution in [0.5, 0.6) is 0 Å². The Labute approximate surface area is 259 Å². The predicted molar refractivity (Wildman–Crippen MR) is 182 cm³/mol. The van der Waals surface area contributed by atoms with Gasteiger partial charge in [0.25, 0.3) is 5.56 Å². The van der Waals surface area contributed by atoms with Crippen molar-refractivity contribution in [3.63, 3.8) is 0 Å². The van der Waals surface area contributed by atoms with Gasteiger partial charge in [0.05, 0.1) is 5.52 Å². The fourth-order valence-corrected chi connectivity index (χ4v) is 5.84. The maximum Gasteiger partial charge on any atom is 0.263 e. The Kier molecular flexibility index (Phi) is 6.54. The van der Waals surface area contributed by atoms with Gasteiger partial charge in [-0.3, -0.25) is 9.36 Å². The van der Waals surface area contributed by atoms with Crippen LogP contribution in [0.25, 0.3) is 72.7 Å². The van der Waals surface area contributed by atoms with E-state index in [1.807, 2.05) is 127 Å². The maximum absolute atomic E-state index is 13.6. The second-order valence-electron chi connectivity index (χ2n) is 10.9. The zero-order valence-electron chi connectivity index (χ0n) is 24.2. The van der Waals surface area contributed by atoms with Gasteiger partial charge in [-0.15, -0.1) is 0 Å². The van der Waals surface area contributed by atoms with E-state index in [4.69, 9.17) is 15.0 Å². The van der Waals surface area contributed by atoms with Gasteiger partial charge < -0.3 is 0 Å². The first kappa shape index (κ1) is 26.4. The Balaban J connectivity index is 1.15. The van der Waals surface area contributed by atoms with Crippen LogP contribution in [-0.4, -0.2) is 19.5 Å². The average molecular weight is 579 g/mol. The lowest BCUT2D eigenvalue weighted by Gasteiger charge is -2.14. The van der Waals surface area contributed by atoms with Gasteiger partial charge in [-0.1, -0.05) is 133 Å². The Hall–Kier alpha value is -6.20. The van der Waals surface area contributed by atoms with Crippen LogP contribution in [0, 0.1) is 0 Å². The fraction of sp³-hybridized carbons (Fsp3) is 0. The zero-order valence-corrected chi connectivity index (χ0v) is 24.2. The zero-order chi connectivity index (χ0) is 30.2. The molecule has 0 fully saturated rings. The van der Waals surface area contributed by atoms with E-state index in [-0.39, 0.29) is 5.56 Å². The average Bonchev–Trinajstić information content (AvgIpc) is 3.13. The Morgan fingerprint density at radius 3 is 1.31 bits per heavy atom. The third-order valence-electron chi connectivity index (χ3n) is 8.10. The van der Waals surface area contributed by atoms with Gasteiger partial charge in [-0.25, -0.2) is 15.0 Å². The predicted octanol–water partition coefficient (Wildman–Crippen LogP) is 9.00. The number of para-hydroxylation sites is 1. The normalized spacial score (nSPS) is 11.2. The van der Waals surface area contributed by atoms with Crippen molar-refractivity contribution in [2.24, 2.45) is 0 Å². The molecule has 5 nitrogen and oxygen atoms in total. The van der Waals surface area contributed by atoms with E-state index in [0.717, 1.165) is 49.8 Å². The summed E-state index contributed by atoms with van der Waals surface area (Å²) in [6, 6.07) is 52.2. The van der Waals surface area contributed by atoms with E-state index < -0.39 is 0 Å². The van der Waals surface area contributed by atoms with E-state index in [2.05, 4.69) is 30.3 Å². The number of hydrogen-bond donors (Lipinski definition) is 0. The number of rotatable bonds is 5. The number of fused-ring (bicyclic) bond motifs is 3. The van der Waals surface area contributed by atoms with Crippen LogP contribution in [0.1, 0.15) is 0 Å². The van der Waals surface area contributed by atoms with Crippen LogP contribution in [-0.2, 0) is 0 Å². The molecule has 0 radical (unpaired) electrons. The highest BCUT2D eigenvalue weighted by Gasteiger charge is 2.14. The molecule has 0 N–H and O–H groups in total. The first-order valence-corrected chi connectivity index (χ1v) is 14.8. The van der Waals surface area contributed by atoms with Gasteiger partial charge in [0.15, 0.2) is 17.5 Å². The van der Waals surface area contributed by atoms with Crippen molar-refractivity contribution >= 4 is 21.7 Å². The quantitative estimate of drug-likeness (QED) is 0.191. The summed E-state index contributed by atoms with van der Waals surface area (Å²) < 4.78 is 1.81. The highest BCUT2D eigenvalue weighted by Crippen LogP contribution is 2.29. The SMILES string of the molecule is O=c1c2ccccc2c2ccccc2n1-c1ccc(-c2ccc(-c3nc(-c4ccccc4)nc(-c4ccccc4)n3)cc2)cc1. The summed E-state index contributed by atoms with van der Waals surface area (Å²) in [5.41, 5.74) is 6.58. The third-order valence-corrected chi connectivity index (χ3v) is 8.10. The van der Waals surface area contributed by atoms with E-state index >= 15 is 0 Å². The lowest BCUT2D eigenvalue weighted by atomic mass is 10.0. The van der Waals surface area contributed by atoms with Crippen molar-refractivity contribution in [2.45, 2.75) is 0 Å². The van der Waals surface area contributed by atoms with Crippen LogP contribution in [0.3, 0.4) is 0 Å². The molecule has 0 unspecified atom stereocenters. The fourth-order valence-electron chi connectivity index (χ4n) is 5.84. The summed E-state index contributed by atoms with van der Waals surface area (Å²) in [5, 5.41) is 2.73. The first-order valence-electron chi connectivity index (χ1n) is 14.8. The number of hydrogen-bond acceptors (Lipinski definition) is 4. The molecular weight excluding hydrogens is 552 g/mol. The molecule has 212 valence electrons. The molecule has 0 aliphatic rings. The van der Waals surface area contributed by atoms with Crippen LogP contribution in [0.15, 0.2) is 163 Å². The second-order valence-corrected chi connectivity index (χ2v) is 10.9. The molecule has 2 heterocycles. The summed E-state index contributed by atoms with van der Waals surface area (Å²) in [5.74, 6) is 1.89. The molecule has 5 heteroatoms. The summed E-state index contributed by atoms with van der Waals surface area (Å²) >= 11 is 0. The van der Waals surface area contributed by atoms with Crippen molar-refractivity contribution in [3.05, 3.63) is 168 Å². The molecule has 6 aromatic carbocycles. The summed E-state index contributed by atoms with van der Waals surface area (Å²) in [6.45, 7) is 0. The van der Waals surface area contributed by atoms with Gasteiger partial charge in [0, 0.05) is 33.2 Å². The summed E-state index contributed by atoms with van der Waals surface area (Å²) in [7, 11) is 0. The Morgan fingerprint density at radius 2 is 0.756 bits per heavy atom. The van der Waals surface area contributed by atoms with Crippen molar-refractivity contribution in [1.82, 2.24) is 19.5 Å². The lowest BCUT2D eigenvalue weighted by Crippen LogP contribution is -2.19. The monoisotopic (exact) mass is 578 g/mol. The largest absolute Gasteiger partial charge is 0.276 e. The number of nitrogens with zero attached hydrogens (tertiary/aromatic N) is 4. The van der Waals surface area contributed by atoms with Gasteiger partial charge in [0.2, 0.25) is 0 Å². The minimum absolute atomic E-state index is 0.0245. The van der Waals surface area contributed by atoms with Crippen molar-refractivity contribution in [2.75, 3.05) is 0 Å². The Morgan fingerprint density at radius 1 is 0.356 bits per heavy atom. The Bertz CT molecular complexity index is 2310. The number of pyridine rings is 1. The standard InChI is InChI=1S/C40H26N4O/c45-40-35-17-8-7-15-33(35)34-16-9-10-18-36(34)44(40)32-25-23-28(24-26-32)27-19-21-31(22-20-27)39-42-37(29-11-3-1-4-12-29)41-38(43-39)30-13-5-2-6-14-30/h1-26H. The minimum atomic E-state index is -0.0245. The van der Waals surface area contributed by atoms with Crippen LogP contribution >= 0.6 is 0 Å². The molecule has 0 spiro atoms. The molecule has 0 amide bonds. The molecule has 0 aliphatic carbocycles. The maximum atomic E-state index is 13.6. The van der Waals surface area contributed by atoms with Gasteiger partial charge in [-0.05, 0) is 40.8 Å². The first-order chi connectivity index (χ1) is 22.2. The number of aromatic nitrogens is 4. The molecule has 8 rings (SSSR count). The molecule has 2 aromatic heterocycles. The molecule has 0 saturated carbocycles. The molecule has 0 aliphatic heterocycles. The third kappa shape index (κ3) is 4.86. The van der Waals surface area contributed by atoms with Crippen LogP contribution < -0.4 is 5.56 Å². The number of benzene rings is 6. The lowest BCUT2D eigenvalue weighted by molar-refractivity contribution is 1.06. The van der Waals surface area contributed by atoms with Crippen molar-refractivity contribution < 1.29 is 0 Å². The van der Waals surface area contributed by atoms with E-state index in [1.165, 1.54) is 0 Å². The van der Waals surface area contributed by atoms with Crippen molar-refractivity contribution in [3.8, 4) is 51.0 Å². The molecule has 45 heavy (non-hydrogen) atoms.